The second-order valence-electron chi connectivity index (χ2n) is 14.6. The molecular formula is C52H32N4. The minimum Gasteiger partial charge on any atom is -0.309 e. The van der Waals surface area contributed by atoms with Gasteiger partial charge in [-0.1, -0.05) is 146 Å². The molecule has 0 atom stereocenters. The van der Waals surface area contributed by atoms with Crippen LogP contribution in [0.2, 0.25) is 0 Å². The molecule has 3 heterocycles. The molecule has 0 spiro atoms. The van der Waals surface area contributed by atoms with Gasteiger partial charge in [0.15, 0.2) is 0 Å². The maximum Gasteiger partial charge on any atom is 0.235 e. The molecule has 0 bridgehead atoms. The number of aromatic nitrogens is 4. The van der Waals surface area contributed by atoms with Gasteiger partial charge in [0, 0.05) is 38.2 Å². The van der Waals surface area contributed by atoms with Gasteiger partial charge in [-0.15, -0.1) is 0 Å². The third kappa shape index (κ3) is 4.60. The van der Waals surface area contributed by atoms with Gasteiger partial charge in [-0.05, 0) is 81.2 Å². The average molecular weight is 713 g/mol. The van der Waals surface area contributed by atoms with Crippen LogP contribution in [0.25, 0.3) is 110 Å². The molecule has 3 aromatic heterocycles. The Morgan fingerprint density at radius 1 is 0.321 bits per heavy atom. The first kappa shape index (κ1) is 30.9. The third-order valence-electron chi connectivity index (χ3n) is 11.5. The van der Waals surface area contributed by atoms with Crippen molar-refractivity contribution in [3.8, 4) is 34.0 Å². The van der Waals surface area contributed by atoms with Crippen molar-refractivity contribution in [1.29, 1.82) is 0 Å². The maximum atomic E-state index is 5.45. The topological polar surface area (TPSA) is 35.6 Å². The summed E-state index contributed by atoms with van der Waals surface area (Å²) < 4.78 is 4.66. The SMILES string of the molecule is c1ccc(-n2c3cc4ccccc4cc3c3cc4c5ccccc5n(-c5nc(-c6ccc(-c7cccc8ccccc78)cc6)c6ccccc6n5)c4cc32)cc1. The second-order valence-corrected chi connectivity index (χ2v) is 14.6. The molecule has 0 saturated carbocycles. The molecule has 4 heteroatoms. The Balaban J connectivity index is 1.12. The summed E-state index contributed by atoms with van der Waals surface area (Å²) in [6, 6.07) is 69.7. The van der Waals surface area contributed by atoms with E-state index in [1.807, 2.05) is 0 Å². The Morgan fingerprint density at radius 3 is 1.75 bits per heavy atom. The smallest absolute Gasteiger partial charge is 0.235 e. The summed E-state index contributed by atoms with van der Waals surface area (Å²) >= 11 is 0. The maximum absolute atomic E-state index is 5.45. The molecule has 12 rings (SSSR count). The number of fused-ring (bicyclic) bond motifs is 9. The molecule has 0 amide bonds. The lowest BCUT2D eigenvalue weighted by molar-refractivity contribution is 1.01. The molecule has 0 fully saturated rings. The lowest BCUT2D eigenvalue weighted by Crippen LogP contribution is -2.03. The Hall–Kier alpha value is -7.56. The zero-order valence-corrected chi connectivity index (χ0v) is 30.3. The van der Waals surface area contributed by atoms with E-state index in [4.69, 9.17) is 9.97 Å². The molecule has 4 nitrogen and oxygen atoms in total. The lowest BCUT2D eigenvalue weighted by Gasteiger charge is -2.13. The van der Waals surface area contributed by atoms with E-state index in [1.54, 1.807) is 0 Å². The highest BCUT2D eigenvalue weighted by Crippen LogP contribution is 2.41. The van der Waals surface area contributed by atoms with Crippen molar-refractivity contribution in [3.63, 3.8) is 0 Å². The van der Waals surface area contributed by atoms with Crippen LogP contribution in [-0.4, -0.2) is 19.1 Å². The van der Waals surface area contributed by atoms with Crippen molar-refractivity contribution in [2.45, 2.75) is 0 Å². The largest absolute Gasteiger partial charge is 0.309 e. The van der Waals surface area contributed by atoms with E-state index >= 15 is 0 Å². The van der Waals surface area contributed by atoms with E-state index in [2.05, 4.69) is 203 Å². The standard InChI is InChI=1S/C52H32N4/c1-2-17-38(18-3-1)55-48-30-37-15-5-4-14-36(37)29-43(48)45-31-44-41-20-9-11-24-47(41)56(50(44)32-49(45)55)52-53-46-23-10-8-21-42(46)51(54-52)35-27-25-34(26-28-35)40-22-12-16-33-13-6-7-19-39(33)40/h1-32H. The van der Waals surface area contributed by atoms with E-state index in [0.717, 1.165) is 44.4 Å². The van der Waals surface area contributed by atoms with Crippen LogP contribution in [0.3, 0.4) is 0 Å². The van der Waals surface area contributed by atoms with Gasteiger partial charge >= 0.3 is 0 Å². The van der Waals surface area contributed by atoms with E-state index in [1.165, 1.54) is 59.7 Å². The average Bonchev–Trinajstić information content (AvgIpc) is 3.75. The van der Waals surface area contributed by atoms with Crippen molar-refractivity contribution < 1.29 is 0 Å². The highest BCUT2D eigenvalue weighted by molar-refractivity contribution is 6.20. The van der Waals surface area contributed by atoms with Gasteiger partial charge in [-0.25, -0.2) is 9.97 Å². The molecule has 0 unspecified atom stereocenters. The van der Waals surface area contributed by atoms with Gasteiger partial charge in [0.25, 0.3) is 0 Å². The Morgan fingerprint density at radius 2 is 0.911 bits per heavy atom. The van der Waals surface area contributed by atoms with E-state index in [9.17, 15) is 0 Å². The molecule has 0 N–H and O–H groups in total. The summed E-state index contributed by atoms with van der Waals surface area (Å²) in [6.07, 6.45) is 0. The number of hydrogen-bond acceptors (Lipinski definition) is 2. The Labute approximate surface area is 322 Å². The summed E-state index contributed by atoms with van der Waals surface area (Å²) in [4.78, 5) is 10.7. The summed E-state index contributed by atoms with van der Waals surface area (Å²) in [5.41, 5.74) is 10.9. The van der Waals surface area contributed by atoms with Crippen molar-refractivity contribution in [1.82, 2.24) is 19.1 Å². The van der Waals surface area contributed by atoms with Gasteiger partial charge in [-0.3, -0.25) is 4.57 Å². The number of para-hydroxylation sites is 3. The van der Waals surface area contributed by atoms with Crippen molar-refractivity contribution >= 4 is 76.1 Å². The third-order valence-corrected chi connectivity index (χ3v) is 11.5. The second kappa shape index (κ2) is 12.0. The van der Waals surface area contributed by atoms with Gasteiger partial charge < -0.3 is 4.57 Å². The number of hydrogen-bond donors (Lipinski definition) is 0. The minimum atomic E-state index is 0.649. The van der Waals surface area contributed by atoms with E-state index in [-0.39, 0.29) is 0 Å². The highest BCUT2D eigenvalue weighted by Gasteiger charge is 2.21. The molecule has 0 saturated heterocycles. The van der Waals surface area contributed by atoms with Crippen LogP contribution in [-0.2, 0) is 0 Å². The molecule has 56 heavy (non-hydrogen) atoms. The van der Waals surface area contributed by atoms with Crippen LogP contribution in [0.15, 0.2) is 194 Å². The van der Waals surface area contributed by atoms with Gasteiger partial charge in [-0.2, -0.15) is 0 Å². The van der Waals surface area contributed by atoms with Gasteiger partial charge in [0.2, 0.25) is 5.95 Å². The predicted octanol–water partition coefficient (Wildman–Crippen LogP) is 13.5. The lowest BCUT2D eigenvalue weighted by atomic mass is 9.96. The van der Waals surface area contributed by atoms with Crippen LogP contribution >= 0.6 is 0 Å². The molecule has 12 aromatic rings. The molecular weight excluding hydrogens is 681 g/mol. The number of benzene rings is 9. The fourth-order valence-corrected chi connectivity index (χ4v) is 8.90. The first-order chi connectivity index (χ1) is 27.8. The summed E-state index contributed by atoms with van der Waals surface area (Å²) in [7, 11) is 0. The number of rotatable bonds is 4. The molecule has 9 aromatic carbocycles. The van der Waals surface area contributed by atoms with Gasteiger partial charge in [0.1, 0.15) is 0 Å². The van der Waals surface area contributed by atoms with Crippen molar-refractivity contribution in [2.75, 3.05) is 0 Å². The summed E-state index contributed by atoms with van der Waals surface area (Å²) in [5.74, 6) is 0.649. The zero-order valence-electron chi connectivity index (χ0n) is 30.3. The number of nitrogens with zero attached hydrogens (tertiary/aromatic N) is 4. The van der Waals surface area contributed by atoms with Crippen LogP contribution in [0, 0.1) is 0 Å². The van der Waals surface area contributed by atoms with Crippen molar-refractivity contribution in [3.05, 3.63) is 194 Å². The van der Waals surface area contributed by atoms with Crippen LogP contribution in [0.5, 0.6) is 0 Å². The molecule has 0 aliphatic carbocycles. The van der Waals surface area contributed by atoms with Crippen LogP contribution in [0.1, 0.15) is 0 Å². The molecule has 260 valence electrons. The van der Waals surface area contributed by atoms with Gasteiger partial charge in [0.05, 0.1) is 33.3 Å². The van der Waals surface area contributed by atoms with Crippen LogP contribution in [0.4, 0.5) is 0 Å². The van der Waals surface area contributed by atoms with E-state index in [0.29, 0.717) is 5.95 Å². The first-order valence-corrected chi connectivity index (χ1v) is 19.1. The Kier molecular flexibility index (Phi) is 6.60. The monoisotopic (exact) mass is 712 g/mol. The summed E-state index contributed by atoms with van der Waals surface area (Å²) in [6.45, 7) is 0. The fraction of sp³-hybridized carbons (Fsp3) is 0. The quantitative estimate of drug-likeness (QED) is 0.182. The molecule has 0 aliphatic heterocycles. The minimum absolute atomic E-state index is 0.649. The molecule has 0 radical (unpaired) electrons. The first-order valence-electron chi connectivity index (χ1n) is 19.1. The zero-order chi connectivity index (χ0) is 36.7. The normalized spacial score (nSPS) is 11.9. The predicted molar refractivity (Wildman–Crippen MR) is 234 cm³/mol. The Bertz CT molecular complexity index is 3510. The van der Waals surface area contributed by atoms with E-state index < -0.39 is 0 Å². The van der Waals surface area contributed by atoms with Crippen molar-refractivity contribution in [2.24, 2.45) is 0 Å². The highest BCUT2D eigenvalue weighted by atomic mass is 15.2. The molecule has 0 aliphatic rings. The fourth-order valence-electron chi connectivity index (χ4n) is 8.90. The van der Waals surface area contributed by atoms with Crippen LogP contribution < -0.4 is 0 Å². The summed E-state index contributed by atoms with van der Waals surface area (Å²) in [5, 5.41) is 10.8.